The summed E-state index contributed by atoms with van der Waals surface area (Å²) in [7, 11) is 1.68. The maximum Gasteiger partial charge on any atom is 0.118 e. The minimum atomic E-state index is -0.146. The average molecular weight is 302 g/mol. The van der Waals surface area contributed by atoms with E-state index in [1.807, 2.05) is 12.1 Å². The molecule has 1 aliphatic carbocycles. The summed E-state index contributed by atoms with van der Waals surface area (Å²) >= 11 is 0. The van der Waals surface area contributed by atoms with Gasteiger partial charge in [0.2, 0.25) is 0 Å². The van der Waals surface area contributed by atoms with Gasteiger partial charge in [0, 0.05) is 11.3 Å². The van der Waals surface area contributed by atoms with Gasteiger partial charge < -0.3 is 14.6 Å². The van der Waals surface area contributed by atoms with Gasteiger partial charge in [-0.05, 0) is 36.5 Å². The van der Waals surface area contributed by atoms with Crippen LogP contribution < -0.4 is 4.74 Å². The van der Waals surface area contributed by atoms with Crippen molar-refractivity contribution in [2.24, 2.45) is 23.2 Å². The first-order chi connectivity index (χ1) is 10.5. The largest absolute Gasteiger partial charge is 0.497 e. The molecule has 1 saturated heterocycles. The summed E-state index contributed by atoms with van der Waals surface area (Å²) in [6.07, 6.45) is 2.39. The van der Waals surface area contributed by atoms with Crippen LogP contribution in [0, 0.1) is 23.2 Å². The number of hydrogen-bond donors (Lipinski definition) is 1. The van der Waals surface area contributed by atoms with E-state index in [4.69, 9.17) is 9.47 Å². The molecule has 0 aromatic heterocycles. The molecule has 0 saturated carbocycles. The van der Waals surface area contributed by atoms with E-state index in [-0.39, 0.29) is 18.1 Å². The second kappa shape index (κ2) is 5.71. The molecule has 1 heterocycles. The van der Waals surface area contributed by atoms with Crippen LogP contribution in [0.2, 0.25) is 0 Å². The SMILES string of the molecule is COc1ccc([C@H]2OC[C@]3(CO)[C@H](C)C=C(C)[C@H]2[C@H]3C)cc1. The van der Waals surface area contributed by atoms with E-state index < -0.39 is 0 Å². The van der Waals surface area contributed by atoms with E-state index in [1.54, 1.807) is 7.11 Å². The van der Waals surface area contributed by atoms with Crippen LogP contribution in [-0.4, -0.2) is 25.4 Å². The standard InChI is InChI=1S/C19H26O3/c1-12-9-13(2)19(10-20)11-22-18(17(12)14(19)3)15-5-7-16(21-4)8-6-15/h5-9,13-14,17-18,20H,10-11H2,1-4H3/t13-,14-,17+,18-,19-/m1/s1. The Morgan fingerprint density at radius 3 is 2.55 bits per heavy atom. The molecule has 22 heavy (non-hydrogen) atoms. The van der Waals surface area contributed by atoms with Gasteiger partial charge in [0.1, 0.15) is 5.75 Å². The zero-order chi connectivity index (χ0) is 15.9. The fraction of sp³-hybridized carbons (Fsp3) is 0.579. The maximum atomic E-state index is 10.0. The summed E-state index contributed by atoms with van der Waals surface area (Å²) in [6.45, 7) is 7.47. The third-order valence-electron chi connectivity index (χ3n) is 5.99. The highest BCUT2D eigenvalue weighted by Crippen LogP contribution is 2.55. The molecule has 0 radical (unpaired) electrons. The molecule has 2 bridgehead atoms. The summed E-state index contributed by atoms with van der Waals surface area (Å²) in [5.74, 6) is 1.94. The molecule has 3 rings (SSSR count). The third kappa shape index (κ3) is 2.19. The van der Waals surface area contributed by atoms with E-state index in [9.17, 15) is 5.11 Å². The Morgan fingerprint density at radius 1 is 1.27 bits per heavy atom. The van der Waals surface area contributed by atoms with Crippen molar-refractivity contribution in [1.29, 1.82) is 0 Å². The summed E-state index contributed by atoms with van der Waals surface area (Å²) in [5, 5.41) is 10.0. The van der Waals surface area contributed by atoms with Crippen LogP contribution in [0.15, 0.2) is 35.9 Å². The van der Waals surface area contributed by atoms with Crippen LogP contribution in [0.5, 0.6) is 5.75 Å². The number of methoxy groups -OCH3 is 1. The van der Waals surface area contributed by atoms with Crippen LogP contribution in [0.3, 0.4) is 0 Å². The molecule has 3 heteroatoms. The topological polar surface area (TPSA) is 38.7 Å². The quantitative estimate of drug-likeness (QED) is 0.867. The first-order valence-corrected chi connectivity index (χ1v) is 8.08. The van der Waals surface area contributed by atoms with E-state index in [0.717, 1.165) is 5.75 Å². The summed E-state index contributed by atoms with van der Waals surface area (Å²) in [4.78, 5) is 0. The Bertz CT molecular complexity index is 563. The summed E-state index contributed by atoms with van der Waals surface area (Å²) in [5.41, 5.74) is 2.42. The van der Waals surface area contributed by atoms with Crippen LogP contribution in [0.4, 0.5) is 0 Å². The number of ether oxygens (including phenoxy) is 2. The molecule has 2 aliphatic rings. The van der Waals surface area contributed by atoms with E-state index in [2.05, 4.69) is 39.0 Å². The number of rotatable bonds is 3. The van der Waals surface area contributed by atoms with Gasteiger partial charge in [-0.2, -0.15) is 0 Å². The zero-order valence-corrected chi connectivity index (χ0v) is 13.9. The minimum Gasteiger partial charge on any atom is -0.497 e. The molecule has 120 valence electrons. The summed E-state index contributed by atoms with van der Waals surface area (Å²) < 4.78 is 11.5. The van der Waals surface area contributed by atoms with Gasteiger partial charge in [-0.3, -0.25) is 0 Å². The van der Waals surface area contributed by atoms with Crippen LogP contribution >= 0.6 is 0 Å². The number of aliphatic hydroxyl groups excluding tert-OH is 1. The highest BCUT2D eigenvalue weighted by molar-refractivity contribution is 5.32. The minimum absolute atomic E-state index is 0.0596. The Hall–Kier alpha value is -1.32. The molecule has 3 nitrogen and oxygen atoms in total. The lowest BCUT2D eigenvalue weighted by atomic mass is 9.56. The monoisotopic (exact) mass is 302 g/mol. The molecule has 1 aliphatic heterocycles. The van der Waals surface area contributed by atoms with Crippen molar-refractivity contribution in [2.75, 3.05) is 20.3 Å². The van der Waals surface area contributed by atoms with Crippen molar-refractivity contribution in [1.82, 2.24) is 0 Å². The molecular weight excluding hydrogens is 276 g/mol. The normalized spacial score (nSPS) is 37.6. The van der Waals surface area contributed by atoms with Gasteiger partial charge >= 0.3 is 0 Å². The van der Waals surface area contributed by atoms with Crippen molar-refractivity contribution < 1.29 is 14.6 Å². The van der Waals surface area contributed by atoms with Crippen molar-refractivity contribution in [3.8, 4) is 5.75 Å². The van der Waals surface area contributed by atoms with Crippen molar-refractivity contribution in [3.05, 3.63) is 41.5 Å². The maximum absolute atomic E-state index is 10.0. The highest BCUT2D eigenvalue weighted by Gasteiger charge is 2.53. The van der Waals surface area contributed by atoms with E-state index in [1.165, 1.54) is 11.1 Å². The first kappa shape index (κ1) is 15.6. The number of hydrogen-bond acceptors (Lipinski definition) is 3. The average Bonchev–Trinajstić information content (AvgIpc) is 2.53. The van der Waals surface area contributed by atoms with Gasteiger partial charge in [0.05, 0.1) is 26.4 Å². The van der Waals surface area contributed by atoms with Crippen LogP contribution in [0.1, 0.15) is 32.4 Å². The fourth-order valence-corrected chi connectivity index (χ4v) is 4.38. The second-order valence-corrected chi connectivity index (χ2v) is 6.91. The van der Waals surface area contributed by atoms with E-state index in [0.29, 0.717) is 24.4 Å². The lowest BCUT2D eigenvalue weighted by Gasteiger charge is -2.55. The third-order valence-corrected chi connectivity index (χ3v) is 5.99. The molecule has 0 spiro atoms. The van der Waals surface area contributed by atoms with Crippen molar-refractivity contribution in [2.45, 2.75) is 26.9 Å². The van der Waals surface area contributed by atoms with Crippen molar-refractivity contribution >= 4 is 0 Å². The first-order valence-electron chi connectivity index (χ1n) is 8.08. The molecule has 1 aromatic rings. The Kier molecular flexibility index (Phi) is 4.04. The molecule has 1 N–H and O–H groups in total. The molecule has 1 aromatic carbocycles. The van der Waals surface area contributed by atoms with Gasteiger partial charge in [-0.15, -0.1) is 0 Å². The highest BCUT2D eigenvalue weighted by atomic mass is 16.5. The van der Waals surface area contributed by atoms with Crippen LogP contribution in [0.25, 0.3) is 0 Å². The van der Waals surface area contributed by atoms with Gasteiger partial charge in [-0.1, -0.05) is 37.6 Å². The summed E-state index contributed by atoms with van der Waals surface area (Å²) in [6, 6.07) is 8.16. The zero-order valence-electron chi connectivity index (χ0n) is 13.9. The predicted octanol–water partition coefficient (Wildman–Crippen LogP) is 3.59. The van der Waals surface area contributed by atoms with Gasteiger partial charge in [0.15, 0.2) is 0 Å². The number of allylic oxidation sites excluding steroid dienone is 1. The predicted molar refractivity (Wildman–Crippen MR) is 86.8 cm³/mol. The Labute approximate surface area is 132 Å². The smallest absolute Gasteiger partial charge is 0.118 e. The van der Waals surface area contributed by atoms with Crippen molar-refractivity contribution in [3.63, 3.8) is 0 Å². The number of aliphatic hydroxyl groups is 1. The molecule has 5 atom stereocenters. The molecule has 1 fully saturated rings. The van der Waals surface area contributed by atoms with Gasteiger partial charge in [0.25, 0.3) is 0 Å². The number of fused-ring (bicyclic) bond motifs is 2. The van der Waals surface area contributed by atoms with Crippen LogP contribution in [-0.2, 0) is 4.74 Å². The lowest BCUT2D eigenvalue weighted by molar-refractivity contribution is -0.165. The Morgan fingerprint density at radius 2 is 1.95 bits per heavy atom. The molecular formula is C19H26O3. The lowest BCUT2D eigenvalue weighted by Crippen LogP contribution is -2.53. The second-order valence-electron chi connectivity index (χ2n) is 6.91. The molecule has 0 unspecified atom stereocenters. The van der Waals surface area contributed by atoms with Gasteiger partial charge in [-0.25, -0.2) is 0 Å². The fourth-order valence-electron chi connectivity index (χ4n) is 4.38. The molecule has 0 amide bonds. The van der Waals surface area contributed by atoms with E-state index >= 15 is 0 Å². The number of benzene rings is 1. The Balaban J connectivity index is 1.97.